The quantitative estimate of drug-likeness (QED) is 0.613. The lowest BCUT2D eigenvalue weighted by Gasteiger charge is -2.47. The molecule has 0 radical (unpaired) electrons. The van der Waals surface area contributed by atoms with Crippen LogP contribution < -0.4 is 0 Å². The maximum Gasteiger partial charge on any atom is 0.192 e. The van der Waals surface area contributed by atoms with Gasteiger partial charge in [-0.3, -0.25) is 0 Å². The van der Waals surface area contributed by atoms with Crippen LogP contribution in [0.3, 0.4) is 0 Å². The van der Waals surface area contributed by atoms with Gasteiger partial charge in [0, 0.05) is 0 Å². The second-order valence-corrected chi connectivity index (χ2v) is 11.4. The van der Waals surface area contributed by atoms with E-state index in [1.54, 1.807) is 0 Å². The summed E-state index contributed by atoms with van der Waals surface area (Å²) in [7, 11) is -1.44. The second kappa shape index (κ2) is 5.88. The average Bonchev–Trinajstić information content (AvgIpc) is 2.29. The Bertz CT molecular complexity index is 225. The molecule has 2 atom stereocenters. The molecule has 1 nitrogen and oxygen atoms in total. The van der Waals surface area contributed by atoms with E-state index in [1.807, 2.05) is 0 Å². The third-order valence-corrected chi connectivity index (χ3v) is 9.70. The molecule has 0 aromatic carbocycles. The Morgan fingerprint density at radius 3 is 2.06 bits per heavy atom. The maximum atomic E-state index is 6.79. The first-order valence-corrected chi connectivity index (χ1v) is 10.1. The summed E-state index contributed by atoms with van der Waals surface area (Å²) in [6.07, 6.45) is 4.58. The largest absolute Gasteiger partial charge is 0.413 e. The monoisotopic (exact) mass is 256 g/mol. The van der Waals surface area contributed by atoms with Crippen molar-refractivity contribution in [2.24, 2.45) is 11.3 Å². The standard InChI is InChI=1S/C15H32OSi/c1-7-17(8-2,9-3)16-14-13(4)11-10-12-15(14,5)6/h13-14H,7-12H2,1-6H3. The lowest BCUT2D eigenvalue weighted by atomic mass is 9.70. The maximum absolute atomic E-state index is 6.79. The van der Waals surface area contributed by atoms with Crippen molar-refractivity contribution in [2.45, 2.75) is 85.0 Å². The summed E-state index contributed by atoms with van der Waals surface area (Å²) in [6, 6.07) is 3.83. The first-order chi connectivity index (χ1) is 7.90. The molecule has 2 heteroatoms. The van der Waals surface area contributed by atoms with Crippen LogP contribution in [0, 0.1) is 11.3 Å². The van der Waals surface area contributed by atoms with Crippen LogP contribution in [0.4, 0.5) is 0 Å². The molecular formula is C15H32OSi. The van der Waals surface area contributed by atoms with E-state index in [4.69, 9.17) is 4.43 Å². The zero-order valence-electron chi connectivity index (χ0n) is 12.8. The molecule has 1 aliphatic carbocycles. The van der Waals surface area contributed by atoms with Gasteiger partial charge in [-0.15, -0.1) is 0 Å². The molecule has 17 heavy (non-hydrogen) atoms. The minimum atomic E-state index is -1.44. The summed E-state index contributed by atoms with van der Waals surface area (Å²) in [4.78, 5) is 0. The van der Waals surface area contributed by atoms with Crippen LogP contribution in [0.5, 0.6) is 0 Å². The van der Waals surface area contributed by atoms with E-state index in [2.05, 4.69) is 41.5 Å². The van der Waals surface area contributed by atoms with Gasteiger partial charge in [-0.05, 0) is 42.3 Å². The van der Waals surface area contributed by atoms with Crippen LogP contribution in [0.2, 0.25) is 18.1 Å². The molecule has 102 valence electrons. The van der Waals surface area contributed by atoms with Crippen LogP contribution in [0.15, 0.2) is 0 Å². The SMILES string of the molecule is CC[Si](CC)(CC)OC1C(C)CCCC1(C)C. The van der Waals surface area contributed by atoms with Crippen molar-refractivity contribution in [2.75, 3.05) is 0 Å². The van der Waals surface area contributed by atoms with Crippen molar-refractivity contribution in [3.05, 3.63) is 0 Å². The number of rotatable bonds is 5. The Morgan fingerprint density at radius 1 is 1.12 bits per heavy atom. The molecule has 1 rings (SSSR count). The average molecular weight is 257 g/mol. The summed E-state index contributed by atoms with van der Waals surface area (Å²) in [5.74, 6) is 0.746. The first kappa shape index (κ1) is 15.2. The van der Waals surface area contributed by atoms with E-state index in [0.29, 0.717) is 11.5 Å². The molecule has 0 aromatic heterocycles. The topological polar surface area (TPSA) is 9.23 Å². The summed E-state index contributed by atoms with van der Waals surface area (Å²) in [5, 5.41) is 0. The van der Waals surface area contributed by atoms with E-state index in [0.717, 1.165) is 5.92 Å². The molecule has 1 fully saturated rings. The van der Waals surface area contributed by atoms with Crippen LogP contribution in [0.1, 0.15) is 60.8 Å². The Hall–Kier alpha value is 0.177. The van der Waals surface area contributed by atoms with Crippen molar-refractivity contribution in [3.63, 3.8) is 0 Å². The van der Waals surface area contributed by atoms with E-state index in [1.165, 1.54) is 37.4 Å². The predicted molar refractivity (Wildman–Crippen MR) is 78.9 cm³/mol. The van der Waals surface area contributed by atoms with Crippen LogP contribution in [-0.2, 0) is 4.43 Å². The molecular weight excluding hydrogens is 224 g/mol. The van der Waals surface area contributed by atoms with E-state index in [-0.39, 0.29) is 0 Å². The highest BCUT2D eigenvalue weighted by molar-refractivity contribution is 6.73. The van der Waals surface area contributed by atoms with Gasteiger partial charge < -0.3 is 4.43 Å². The van der Waals surface area contributed by atoms with Gasteiger partial charge in [0.15, 0.2) is 8.32 Å². The minimum Gasteiger partial charge on any atom is -0.413 e. The molecule has 0 bridgehead atoms. The Labute approximate surface area is 109 Å². The third kappa shape index (κ3) is 3.34. The van der Waals surface area contributed by atoms with Gasteiger partial charge in [0.25, 0.3) is 0 Å². The van der Waals surface area contributed by atoms with Gasteiger partial charge in [-0.1, -0.05) is 48.0 Å². The van der Waals surface area contributed by atoms with E-state index >= 15 is 0 Å². The Kier molecular flexibility index (Phi) is 5.27. The molecule has 0 aromatic rings. The molecule has 0 heterocycles. The molecule has 0 spiro atoms. The van der Waals surface area contributed by atoms with Gasteiger partial charge >= 0.3 is 0 Å². The van der Waals surface area contributed by atoms with Gasteiger partial charge in [-0.25, -0.2) is 0 Å². The minimum absolute atomic E-state index is 0.384. The highest BCUT2D eigenvalue weighted by Crippen LogP contribution is 2.43. The van der Waals surface area contributed by atoms with E-state index < -0.39 is 8.32 Å². The fourth-order valence-electron chi connectivity index (χ4n) is 3.49. The molecule has 2 unspecified atom stereocenters. The summed E-state index contributed by atoms with van der Waals surface area (Å²) < 4.78 is 6.79. The smallest absolute Gasteiger partial charge is 0.192 e. The fraction of sp³-hybridized carbons (Fsp3) is 1.00. The van der Waals surface area contributed by atoms with Crippen LogP contribution in [0.25, 0.3) is 0 Å². The Balaban J connectivity index is 2.82. The van der Waals surface area contributed by atoms with Crippen LogP contribution in [-0.4, -0.2) is 14.4 Å². The van der Waals surface area contributed by atoms with Crippen molar-refractivity contribution >= 4 is 8.32 Å². The molecule has 1 saturated carbocycles. The van der Waals surface area contributed by atoms with Gasteiger partial charge in [0.05, 0.1) is 6.10 Å². The van der Waals surface area contributed by atoms with Crippen molar-refractivity contribution in [1.29, 1.82) is 0 Å². The van der Waals surface area contributed by atoms with Crippen molar-refractivity contribution in [3.8, 4) is 0 Å². The number of hydrogen-bond acceptors (Lipinski definition) is 1. The number of hydrogen-bond donors (Lipinski definition) is 0. The summed E-state index contributed by atoms with van der Waals surface area (Å²) in [6.45, 7) is 14.2. The highest BCUT2D eigenvalue weighted by Gasteiger charge is 2.42. The highest BCUT2D eigenvalue weighted by atomic mass is 28.4. The van der Waals surface area contributed by atoms with Gasteiger partial charge in [0.1, 0.15) is 0 Å². The molecule has 0 N–H and O–H groups in total. The lowest BCUT2D eigenvalue weighted by molar-refractivity contribution is -0.0141. The Morgan fingerprint density at radius 2 is 1.65 bits per heavy atom. The zero-order chi connectivity index (χ0) is 13.1. The molecule has 0 aliphatic heterocycles. The third-order valence-electron chi connectivity index (χ3n) is 5.08. The lowest BCUT2D eigenvalue weighted by Crippen LogP contribution is -2.49. The summed E-state index contributed by atoms with van der Waals surface area (Å²) >= 11 is 0. The van der Waals surface area contributed by atoms with Crippen LogP contribution >= 0.6 is 0 Å². The second-order valence-electron chi connectivity index (χ2n) is 6.64. The van der Waals surface area contributed by atoms with Crippen molar-refractivity contribution < 1.29 is 4.43 Å². The molecule has 0 amide bonds. The fourth-order valence-corrected chi connectivity index (χ4v) is 6.58. The molecule has 1 aliphatic rings. The normalized spacial score (nSPS) is 29.3. The van der Waals surface area contributed by atoms with Gasteiger partial charge in [0.2, 0.25) is 0 Å². The first-order valence-electron chi connectivity index (χ1n) is 7.58. The molecule has 0 saturated heterocycles. The summed E-state index contributed by atoms with van der Waals surface area (Å²) in [5.41, 5.74) is 0.384. The van der Waals surface area contributed by atoms with Crippen molar-refractivity contribution in [1.82, 2.24) is 0 Å². The van der Waals surface area contributed by atoms with Gasteiger partial charge in [-0.2, -0.15) is 0 Å². The zero-order valence-corrected chi connectivity index (χ0v) is 13.8. The van der Waals surface area contributed by atoms with E-state index in [9.17, 15) is 0 Å². The predicted octanol–water partition coefficient (Wildman–Crippen LogP) is 5.22.